The highest BCUT2D eigenvalue weighted by atomic mass is 16.5. The molecule has 1 aromatic carbocycles. The molecule has 0 aromatic heterocycles. The van der Waals surface area contributed by atoms with E-state index in [1.54, 1.807) is 0 Å². The van der Waals surface area contributed by atoms with E-state index in [0.717, 1.165) is 37.2 Å². The molecular weight excluding hydrogens is 228 g/mol. The van der Waals surface area contributed by atoms with Crippen LogP contribution in [-0.4, -0.2) is 25.1 Å². The van der Waals surface area contributed by atoms with Crippen LogP contribution in [-0.2, 0) is 4.79 Å². The Morgan fingerprint density at radius 3 is 2.50 bits per heavy atom. The predicted molar refractivity (Wildman–Crippen MR) is 70.6 cm³/mol. The van der Waals surface area contributed by atoms with E-state index in [0.29, 0.717) is 6.10 Å². The van der Waals surface area contributed by atoms with Gasteiger partial charge in [-0.15, -0.1) is 0 Å². The van der Waals surface area contributed by atoms with Crippen LogP contribution in [0.25, 0.3) is 0 Å². The van der Waals surface area contributed by atoms with E-state index in [2.05, 4.69) is 5.32 Å². The number of rotatable bonds is 4. The number of nitrogens with one attached hydrogen (secondary N) is 1. The molecule has 1 atom stereocenters. The maximum Gasteiger partial charge on any atom is 0.224 e. The summed E-state index contributed by atoms with van der Waals surface area (Å²) in [6, 6.07) is 7.64. The second-order valence-corrected chi connectivity index (χ2v) is 4.76. The molecule has 1 heterocycles. The summed E-state index contributed by atoms with van der Waals surface area (Å²) in [7, 11) is 0. The molecule has 1 aliphatic heterocycles. The number of ether oxygens (including phenoxy) is 1. The van der Waals surface area contributed by atoms with Crippen molar-refractivity contribution in [1.82, 2.24) is 5.32 Å². The first-order valence-electron chi connectivity index (χ1n) is 6.43. The lowest BCUT2D eigenvalue weighted by molar-refractivity contribution is -0.119. The van der Waals surface area contributed by atoms with Crippen molar-refractivity contribution >= 4 is 5.91 Å². The molecule has 0 radical (unpaired) electrons. The van der Waals surface area contributed by atoms with E-state index in [1.165, 1.54) is 0 Å². The molecule has 1 fully saturated rings. The number of carbonyl (C=O) groups is 1. The number of benzene rings is 1. The highest BCUT2D eigenvalue weighted by molar-refractivity contribution is 5.81. The van der Waals surface area contributed by atoms with Crippen molar-refractivity contribution in [2.24, 2.45) is 5.73 Å². The lowest BCUT2D eigenvalue weighted by Crippen LogP contribution is -2.34. The third-order valence-electron chi connectivity index (χ3n) is 3.40. The van der Waals surface area contributed by atoms with Crippen LogP contribution in [0.15, 0.2) is 24.3 Å². The monoisotopic (exact) mass is 248 g/mol. The molecule has 1 unspecified atom stereocenters. The second-order valence-electron chi connectivity index (χ2n) is 4.76. The SMILES string of the molecule is CC(C(N)=O)c1ccc(OC2CCNCC2)cc1. The first-order valence-corrected chi connectivity index (χ1v) is 6.43. The molecule has 0 spiro atoms. The minimum absolute atomic E-state index is 0.252. The maximum absolute atomic E-state index is 11.1. The van der Waals surface area contributed by atoms with Crippen molar-refractivity contribution < 1.29 is 9.53 Å². The molecular formula is C14H20N2O2. The molecule has 0 aliphatic carbocycles. The number of carbonyl (C=O) groups excluding carboxylic acids is 1. The summed E-state index contributed by atoms with van der Waals surface area (Å²) in [4.78, 5) is 11.1. The van der Waals surface area contributed by atoms with Gasteiger partial charge in [0, 0.05) is 0 Å². The average Bonchev–Trinajstić information content (AvgIpc) is 2.40. The molecule has 1 saturated heterocycles. The van der Waals surface area contributed by atoms with E-state index in [4.69, 9.17) is 10.5 Å². The zero-order chi connectivity index (χ0) is 13.0. The first-order chi connectivity index (χ1) is 8.66. The Bertz CT molecular complexity index is 397. The summed E-state index contributed by atoms with van der Waals surface area (Å²) < 4.78 is 5.89. The van der Waals surface area contributed by atoms with Crippen molar-refractivity contribution in [3.8, 4) is 5.75 Å². The van der Waals surface area contributed by atoms with Gasteiger partial charge in [0.2, 0.25) is 5.91 Å². The molecule has 18 heavy (non-hydrogen) atoms. The van der Waals surface area contributed by atoms with Gasteiger partial charge in [-0.1, -0.05) is 12.1 Å². The second kappa shape index (κ2) is 5.87. The average molecular weight is 248 g/mol. The Morgan fingerprint density at radius 1 is 1.33 bits per heavy atom. The van der Waals surface area contributed by atoms with E-state index in [9.17, 15) is 4.79 Å². The van der Waals surface area contributed by atoms with Crippen LogP contribution in [0.1, 0.15) is 31.2 Å². The number of amides is 1. The molecule has 4 nitrogen and oxygen atoms in total. The van der Waals surface area contributed by atoms with Crippen LogP contribution in [0.4, 0.5) is 0 Å². The lowest BCUT2D eigenvalue weighted by atomic mass is 10.0. The van der Waals surface area contributed by atoms with Gasteiger partial charge in [-0.25, -0.2) is 0 Å². The van der Waals surface area contributed by atoms with Gasteiger partial charge in [-0.05, 0) is 50.6 Å². The third kappa shape index (κ3) is 3.23. The van der Waals surface area contributed by atoms with Gasteiger partial charge in [0.25, 0.3) is 0 Å². The van der Waals surface area contributed by atoms with Gasteiger partial charge in [-0.2, -0.15) is 0 Å². The quantitative estimate of drug-likeness (QED) is 0.846. The molecule has 1 aliphatic rings. The van der Waals surface area contributed by atoms with Crippen LogP contribution < -0.4 is 15.8 Å². The molecule has 1 amide bonds. The molecule has 0 bridgehead atoms. The Kier molecular flexibility index (Phi) is 4.20. The summed E-state index contributed by atoms with van der Waals surface area (Å²) in [5, 5.41) is 3.31. The van der Waals surface area contributed by atoms with Crippen LogP contribution in [0.2, 0.25) is 0 Å². The van der Waals surface area contributed by atoms with Gasteiger partial charge < -0.3 is 15.8 Å². The largest absolute Gasteiger partial charge is 0.490 e. The molecule has 98 valence electrons. The Morgan fingerprint density at radius 2 is 1.94 bits per heavy atom. The predicted octanol–water partition coefficient (Wildman–Crippen LogP) is 1.41. The maximum atomic E-state index is 11.1. The van der Waals surface area contributed by atoms with Gasteiger partial charge in [0.05, 0.1) is 5.92 Å². The number of nitrogens with two attached hydrogens (primary N) is 1. The van der Waals surface area contributed by atoms with Crippen molar-refractivity contribution in [3.05, 3.63) is 29.8 Å². The van der Waals surface area contributed by atoms with Crippen molar-refractivity contribution in [2.45, 2.75) is 31.8 Å². The highest BCUT2D eigenvalue weighted by Gasteiger charge is 2.15. The Labute approximate surface area is 108 Å². The first kappa shape index (κ1) is 12.9. The summed E-state index contributed by atoms with van der Waals surface area (Å²) >= 11 is 0. The standard InChI is InChI=1S/C14H20N2O2/c1-10(14(15)17)11-2-4-12(5-3-11)18-13-6-8-16-9-7-13/h2-5,10,13,16H,6-9H2,1H3,(H2,15,17). The normalized spacial score (nSPS) is 18.3. The van der Waals surface area contributed by atoms with Crippen molar-refractivity contribution in [2.75, 3.05) is 13.1 Å². The fourth-order valence-corrected chi connectivity index (χ4v) is 2.11. The Hall–Kier alpha value is -1.55. The zero-order valence-corrected chi connectivity index (χ0v) is 10.7. The lowest BCUT2D eigenvalue weighted by Gasteiger charge is -2.24. The van der Waals surface area contributed by atoms with E-state index < -0.39 is 0 Å². The summed E-state index contributed by atoms with van der Waals surface area (Å²) in [6.07, 6.45) is 2.38. The van der Waals surface area contributed by atoms with Crippen molar-refractivity contribution in [3.63, 3.8) is 0 Å². The van der Waals surface area contributed by atoms with Crippen LogP contribution in [0.5, 0.6) is 5.75 Å². The molecule has 4 heteroatoms. The van der Waals surface area contributed by atoms with Gasteiger partial charge >= 0.3 is 0 Å². The van der Waals surface area contributed by atoms with E-state index >= 15 is 0 Å². The highest BCUT2D eigenvalue weighted by Crippen LogP contribution is 2.21. The molecule has 2 rings (SSSR count). The zero-order valence-electron chi connectivity index (χ0n) is 10.7. The van der Waals surface area contributed by atoms with Crippen LogP contribution in [0, 0.1) is 0 Å². The number of piperidine rings is 1. The summed E-state index contributed by atoms with van der Waals surface area (Å²) in [6.45, 7) is 3.84. The van der Waals surface area contributed by atoms with Crippen LogP contribution >= 0.6 is 0 Å². The number of primary amides is 1. The minimum atomic E-state index is -0.304. The minimum Gasteiger partial charge on any atom is -0.490 e. The number of hydrogen-bond acceptors (Lipinski definition) is 3. The molecule has 0 saturated carbocycles. The van der Waals surface area contributed by atoms with E-state index in [1.807, 2.05) is 31.2 Å². The van der Waals surface area contributed by atoms with E-state index in [-0.39, 0.29) is 11.8 Å². The fourth-order valence-electron chi connectivity index (χ4n) is 2.11. The van der Waals surface area contributed by atoms with Crippen LogP contribution in [0.3, 0.4) is 0 Å². The topological polar surface area (TPSA) is 64.4 Å². The smallest absolute Gasteiger partial charge is 0.224 e. The third-order valence-corrected chi connectivity index (χ3v) is 3.40. The summed E-state index contributed by atoms with van der Waals surface area (Å²) in [5.74, 6) is 0.308. The summed E-state index contributed by atoms with van der Waals surface area (Å²) in [5.41, 5.74) is 6.21. The molecule has 1 aromatic rings. The Balaban J connectivity index is 1.96. The fraction of sp³-hybridized carbons (Fsp3) is 0.500. The molecule has 3 N–H and O–H groups in total. The van der Waals surface area contributed by atoms with Crippen molar-refractivity contribution in [1.29, 1.82) is 0 Å². The van der Waals surface area contributed by atoms with Gasteiger partial charge in [-0.3, -0.25) is 4.79 Å². The number of hydrogen-bond donors (Lipinski definition) is 2. The van der Waals surface area contributed by atoms with Gasteiger partial charge in [0.1, 0.15) is 11.9 Å². The van der Waals surface area contributed by atoms with Gasteiger partial charge in [0.15, 0.2) is 0 Å².